The molecule has 1 fully saturated rings. The van der Waals surface area contributed by atoms with Crippen molar-refractivity contribution >= 4 is 12.2 Å². The number of hydrogen-bond acceptors (Lipinski definition) is 2. The summed E-state index contributed by atoms with van der Waals surface area (Å²) < 4.78 is 51.3. The highest BCUT2D eigenvalue weighted by atomic mass is 32.1. The number of alkyl halides is 4. The molecule has 0 atom stereocenters. The molecule has 84 valence electrons. The maximum atomic E-state index is 13.0. The molecular weight excluding hydrogens is 234 g/mol. The van der Waals surface area contributed by atoms with Gasteiger partial charge in [-0.25, -0.2) is 8.78 Å². The minimum absolute atomic E-state index is 0.0344. The zero-order chi connectivity index (χ0) is 11.2. The highest BCUT2D eigenvalue weighted by Crippen LogP contribution is 2.41. The summed E-state index contributed by atoms with van der Waals surface area (Å²) in [5.74, 6) is -5.22. The molecular formula is C7H7F4N3S. The molecule has 0 spiro atoms. The van der Waals surface area contributed by atoms with Crippen molar-refractivity contribution in [2.75, 3.05) is 0 Å². The van der Waals surface area contributed by atoms with Gasteiger partial charge in [-0.1, -0.05) is 0 Å². The van der Waals surface area contributed by atoms with Crippen LogP contribution in [0.2, 0.25) is 0 Å². The van der Waals surface area contributed by atoms with Crippen LogP contribution in [0.15, 0.2) is 0 Å². The predicted molar refractivity (Wildman–Crippen MR) is 45.6 cm³/mol. The molecule has 15 heavy (non-hydrogen) atoms. The first-order valence-electron chi connectivity index (χ1n) is 4.28. The lowest BCUT2D eigenvalue weighted by Gasteiger charge is -2.15. The molecule has 1 heterocycles. The van der Waals surface area contributed by atoms with Crippen LogP contribution in [-0.4, -0.2) is 21.2 Å². The lowest BCUT2D eigenvalue weighted by molar-refractivity contribution is -0.143. The molecule has 1 aromatic heterocycles. The van der Waals surface area contributed by atoms with Crippen LogP contribution in [0.4, 0.5) is 17.6 Å². The summed E-state index contributed by atoms with van der Waals surface area (Å²) in [6, 6.07) is -0.212. The number of hydrogen-bond donors (Lipinski definition) is 1. The number of nitrogens with zero attached hydrogens (tertiary/aromatic N) is 2. The standard InChI is InChI=1S/C7H7F4N3S/c8-4(9)7(10,11)5-12-13-6(15)14(5)3-1-2-3/h3-4H,1-2H2,(H,13,15). The Morgan fingerprint density at radius 3 is 2.53 bits per heavy atom. The molecule has 1 aromatic rings. The third kappa shape index (κ3) is 1.66. The first-order chi connectivity index (χ1) is 6.94. The summed E-state index contributed by atoms with van der Waals surface area (Å²) in [5, 5.41) is 5.31. The van der Waals surface area contributed by atoms with Crippen LogP contribution in [0.5, 0.6) is 0 Å². The average Bonchev–Trinajstić information content (AvgIpc) is 2.89. The van der Waals surface area contributed by atoms with E-state index < -0.39 is 18.2 Å². The van der Waals surface area contributed by atoms with Crippen molar-refractivity contribution in [3.05, 3.63) is 10.6 Å². The molecule has 2 rings (SSSR count). The molecule has 1 N–H and O–H groups in total. The van der Waals surface area contributed by atoms with E-state index in [1.807, 2.05) is 0 Å². The molecule has 0 radical (unpaired) electrons. The van der Waals surface area contributed by atoms with Gasteiger partial charge in [-0.05, 0) is 25.1 Å². The number of rotatable bonds is 3. The van der Waals surface area contributed by atoms with Crippen molar-refractivity contribution in [3.8, 4) is 0 Å². The molecule has 8 heteroatoms. The molecule has 0 aromatic carbocycles. The largest absolute Gasteiger partial charge is 0.365 e. The van der Waals surface area contributed by atoms with Gasteiger partial charge in [0.15, 0.2) is 4.77 Å². The summed E-state index contributed by atoms with van der Waals surface area (Å²) >= 11 is 4.71. The van der Waals surface area contributed by atoms with Crippen molar-refractivity contribution in [2.45, 2.75) is 31.2 Å². The quantitative estimate of drug-likeness (QED) is 0.652. The highest BCUT2D eigenvalue weighted by Gasteiger charge is 2.49. The second kappa shape index (κ2) is 3.29. The van der Waals surface area contributed by atoms with Crippen LogP contribution in [0.25, 0.3) is 0 Å². The van der Waals surface area contributed by atoms with Gasteiger partial charge in [0.25, 0.3) is 0 Å². The summed E-state index contributed by atoms with van der Waals surface area (Å²) in [4.78, 5) is 0. The molecule has 1 aliphatic carbocycles. The lowest BCUT2D eigenvalue weighted by atomic mass is 10.3. The van der Waals surface area contributed by atoms with Crippen LogP contribution in [0.3, 0.4) is 0 Å². The van der Waals surface area contributed by atoms with E-state index in [2.05, 4.69) is 10.2 Å². The Bertz CT molecular complexity index is 420. The minimum atomic E-state index is -4.25. The second-order valence-electron chi connectivity index (χ2n) is 3.38. The van der Waals surface area contributed by atoms with Gasteiger partial charge in [0.05, 0.1) is 0 Å². The van der Waals surface area contributed by atoms with Crippen molar-refractivity contribution < 1.29 is 17.6 Å². The molecule has 1 aliphatic rings. The van der Waals surface area contributed by atoms with E-state index in [4.69, 9.17) is 12.2 Å². The molecule has 0 amide bonds. The summed E-state index contributed by atoms with van der Waals surface area (Å²) in [7, 11) is 0. The van der Waals surface area contributed by atoms with Gasteiger partial charge in [0, 0.05) is 6.04 Å². The molecule has 0 aliphatic heterocycles. The predicted octanol–water partition coefficient (Wildman–Crippen LogP) is 2.63. The molecule has 1 saturated carbocycles. The van der Waals surface area contributed by atoms with Crippen molar-refractivity contribution in [2.24, 2.45) is 0 Å². The van der Waals surface area contributed by atoms with Crippen LogP contribution in [0.1, 0.15) is 24.7 Å². The Labute approximate surface area is 87.1 Å². The number of halogens is 4. The molecule has 0 bridgehead atoms. The summed E-state index contributed by atoms with van der Waals surface area (Å²) in [6.07, 6.45) is -2.44. The first kappa shape index (κ1) is 10.6. The third-order valence-electron chi connectivity index (χ3n) is 2.19. The maximum Gasteiger partial charge on any atom is 0.365 e. The number of nitrogens with one attached hydrogen (secondary N) is 1. The van der Waals surface area contributed by atoms with E-state index in [1.165, 1.54) is 0 Å². The van der Waals surface area contributed by atoms with Crippen LogP contribution in [-0.2, 0) is 5.92 Å². The van der Waals surface area contributed by atoms with Gasteiger partial charge in [0.1, 0.15) is 0 Å². The van der Waals surface area contributed by atoms with E-state index in [0.717, 1.165) is 4.57 Å². The van der Waals surface area contributed by atoms with Crippen LogP contribution >= 0.6 is 12.2 Å². The third-order valence-corrected chi connectivity index (χ3v) is 2.48. The van der Waals surface area contributed by atoms with E-state index >= 15 is 0 Å². The normalized spacial score (nSPS) is 17.4. The van der Waals surface area contributed by atoms with E-state index in [-0.39, 0.29) is 10.8 Å². The Morgan fingerprint density at radius 1 is 1.47 bits per heavy atom. The first-order valence-corrected chi connectivity index (χ1v) is 4.68. The van der Waals surface area contributed by atoms with Crippen LogP contribution in [0, 0.1) is 4.77 Å². The zero-order valence-electron chi connectivity index (χ0n) is 7.38. The Morgan fingerprint density at radius 2 is 2.07 bits per heavy atom. The van der Waals surface area contributed by atoms with Crippen molar-refractivity contribution in [1.82, 2.24) is 14.8 Å². The van der Waals surface area contributed by atoms with Crippen LogP contribution < -0.4 is 0 Å². The van der Waals surface area contributed by atoms with Gasteiger partial charge in [0.2, 0.25) is 5.82 Å². The van der Waals surface area contributed by atoms with Gasteiger partial charge >= 0.3 is 12.3 Å². The molecule has 0 saturated heterocycles. The minimum Gasteiger partial charge on any atom is -0.296 e. The average molecular weight is 241 g/mol. The highest BCUT2D eigenvalue weighted by molar-refractivity contribution is 7.71. The second-order valence-corrected chi connectivity index (χ2v) is 3.76. The fourth-order valence-corrected chi connectivity index (χ4v) is 1.59. The maximum absolute atomic E-state index is 13.0. The lowest BCUT2D eigenvalue weighted by Crippen LogP contribution is -2.28. The molecule has 3 nitrogen and oxygen atoms in total. The van der Waals surface area contributed by atoms with Gasteiger partial charge in [-0.3, -0.25) is 9.67 Å². The summed E-state index contributed by atoms with van der Waals surface area (Å²) in [6.45, 7) is 0. The Hall–Kier alpha value is -0.920. The van der Waals surface area contributed by atoms with Crippen molar-refractivity contribution in [3.63, 3.8) is 0 Å². The Kier molecular flexibility index (Phi) is 2.32. The Balaban J connectivity index is 2.48. The fraction of sp³-hybridized carbons (Fsp3) is 0.714. The number of aromatic nitrogens is 3. The smallest absolute Gasteiger partial charge is 0.296 e. The van der Waals surface area contributed by atoms with E-state index in [0.29, 0.717) is 12.8 Å². The fourth-order valence-electron chi connectivity index (χ4n) is 1.31. The van der Waals surface area contributed by atoms with E-state index in [9.17, 15) is 17.6 Å². The topological polar surface area (TPSA) is 33.6 Å². The number of aromatic amines is 1. The SMILES string of the molecule is FC(F)C(F)(F)c1n[nH]c(=S)n1C1CC1. The van der Waals surface area contributed by atoms with Gasteiger partial charge < -0.3 is 0 Å². The number of H-pyrrole nitrogens is 1. The summed E-state index contributed by atoms with van der Waals surface area (Å²) in [5.41, 5.74) is 0. The van der Waals surface area contributed by atoms with E-state index in [1.54, 1.807) is 0 Å². The molecule has 0 unspecified atom stereocenters. The zero-order valence-corrected chi connectivity index (χ0v) is 8.20. The van der Waals surface area contributed by atoms with Gasteiger partial charge in [-0.2, -0.15) is 13.9 Å². The van der Waals surface area contributed by atoms with Gasteiger partial charge in [-0.15, -0.1) is 0 Å². The van der Waals surface area contributed by atoms with Crippen molar-refractivity contribution in [1.29, 1.82) is 0 Å². The monoisotopic (exact) mass is 241 g/mol.